The number of anilines is 2. The van der Waals surface area contributed by atoms with E-state index in [0.717, 1.165) is 16.9 Å². The van der Waals surface area contributed by atoms with Crippen LogP contribution >= 0.6 is 0 Å². The predicted molar refractivity (Wildman–Crippen MR) is 126 cm³/mol. The average Bonchev–Trinajstić information content (AvgIpc) is 2.77. The summed E-state index contributed by atoms with van der Waals surface area (Å²) < 4.78 is 16.8. The normalized spacial score (nSPS) is 11.0. The van der Waals surface area contributed by atoms with Crippen molar-refractivity contribution in [2.45, 2.75) is 39.8 Å². The molecule has 1 heterocycles. The van der Waals surface area contributed by atoms with Gasteiger partial charge in [0.25, 0.3) is 0 Å². The lowest BCUT2D eigenvalue weighted by molar-refractivity contribution is 0.00695. The van der Waals surface area contributed by atoms with Crippen LogP contribution in [0.3, 0.4) is 0 Å². The molecule has 1 aromatic heterocycles. The van der Waals surface area contributed by atoms with Gasteiger partial charge >= 0.3 is 5.97 Å². The van der Waals surface area contributed by atoms with Crippen LogP contribution in [0.25, 0.3) is 0 Å². The highest BCUT2D eigenvalue weighted by Gasteiger charge is 2.20. The number of nitrogens with zero attached hydrogens (tertiary/aromatic N) is 2. The van der Waals surface area contributed by atoms with Crippen LogP contribution in [0, 0.1) is 0 Å². The number of pyridine rings is 1. The molecule has 0 fully saturated rings. The molecule has 0 aliphatic carbocycles. The van der Waals surface area contributed by atoms with E-state index in [1.165, 1.54) is 0 Å². The lowest BCUT2D eigenvalue weighted by Gasteiger charge is -2.27. The fourth-order valence-corrected chi connectivity index (χ4v) is 3.25. The molecular formula is C26H30N2O4. The van der Waals surface area contributed by atoms with Crippen molar-refractivity contribution in [2.75, 3.05) is 18.6 Å². The molecule has 2 aromatic carbocycles. The van der Waals surface area contributed by atoms with E-state index >= 15 is 0 Å². The Morgan fingerprint density at radius 2 is 1.78 bits per heavy atom. The number of aromatic nitrogens is 1. The Labute approximate surface area is 189 Å². The van der Waals surface area contributed by atoms with Crippen LogP contribution in [-0.4, -0.2) is 30.3 Å². The zero-order chi connectivity index (χ0) is 23.1. The van der Waals surface area contributed by atoms with E-state index < -0.39 is 5.60 Å². The number of rotatable bonds is 8. The van der Waals surface area contributed by atoms with Crippen molar-refractivity contribution >= 4 is 17.3 Å². The van der Waals surface area contributed by atoms with Gasteiger partial charge in [0.2, 0.25) is 0 Å². The molecule has 0 aliphatic rings. The van der Waals surface area contributed by atoms with E-state index in [4.69, 9.17) is 14.2 Å². The van der Waals surface area contributed by atoms with E-state index in [2.05, 4.69) is 9.88 Å². The minimum Gasteiger partial charge on any atom is -0.493 e. The molecule has 0 radical (unpaired) electrons. The summed E-state index contributed by atoms with van der Waals surface area (Å²) >= 11 is 0. The third-order valence-corrected chi connectivity index (χ3v) is 4.61. The third kappa shape index (κ3) is 6.00. The molecule has 0 amide bonds. The largest absolute Gasteiger partial charge is 0.493 e. The maximum absolute atomic E-state index is 12.7. The summed E-state index contributed by atoms with van der Waals surface area (Å²) in [5.74, 6) is 0.969. The Hall–Kier alpha value is -3.54. The summed E-state index contributed by atoms with van der Waals surface area (Å²) in [5, 5.41) is 0. The first-order valence-electron chi connectivity index (χ1n) is 10.6. The molecule has 0 unspecified atom stereocenters. The molecule has 0 N–H and O–H groups in total. The highest BCUT2D eigenvalue weighted by molar-refractivity contribution is 5.91. The summed E-state index contributed by atoms with van der Waals surface area (Å²) in [7, 11) is 1.62. The van der Waals surface area contributed by atoms with E-state index in [1.54, 1.807) is 19.4 Å². The summed E-state index contributed by atoms with van der Waals surface area (Å²) in [5.41, 5.74) is 2.71. The van der Waals surface area contributed by atoms with Crippen molar-refractivity contribution < 1.29 is 19.0 Å². The number of benzene rings is 2. The number of carbonyl (C=O) groups excluding carboxylic acids is 1. The van der Waals surface area contributed by atoms with Gasteiger partial charge in [0.15, 0.2) is 11.5 Å². The maximum atomic E-state index is 12.7. The van der Waals surface area contributed by atoms with Crippen molar-refractivity contribution in [3.63, 3.8) is 0 Å². The first-order valence-corrected chi connectivity index (χ1v) is 10.6. The quantitative estimate of drug-likeness (QED) is 0.419. The Balaban J connectivity index is 2.03. The lowest BCUT2D eigenvalue weighted by atomic mass is 10.1. The van der Waals surface area contributed by atoms with E-state index in [1.807, 2.05) is 82.4 Å². The molecule has 0 aliphatic heterocycles. The third-order valence-electron chi connectivity index (χ3n) is 4.61. The van der Waals surface area contributed by atoms with Gasteiger partial charge in [0.1, 0.15) is 5.60 Å². The number of hydrogen-bond acceptors (Lipinski definition) is 6. The van der Waals surface area contributed by atoms with Crippen LogP contribution in [-0.2, 0) is 11.3 Å². The van der Waals surface area contributed by atoms with E-state index in [0.29, 0.717) is 30.2 Å². The van der Waals surface area contributed by atoms with Crippen molar-refractivity contribution in [1.29, 1.82) is 0 Å². The molecular weight excluding hydrogens is 404 g/mol. The van der Waals surface area contributed by atoms with Crippen molar-refractivity contribution in [3.05, 3.63) is 78.1 Å². The Kier molecular flexibility index (Phi) is 7.36. The second kappa shape index (κ2) is 10.2. The van der Waals surface area contributed by atoms with Crippen LogP contribution in [0.4, 0.5) is 11.4 Å². The Bertz CT molecular complexity index is 1050. The van der Waals surface area contributed by atoms with Crippen LogP contribution in [0.15, 0.2) is 67.0 Å². The average molecular weight is 435 g/mol. The highest BCUT2D eigenvalue weighted by atomic mass is 16.6. The summed E-state index contributed by atoms with van der Waals surface area (Å²) in [6.45, 7) is 8.59. The molecule has 32 heavy (non-hydrogen) atoms. The van der Waals surface area contributed by atoms with E-state index in [-0.39, 0.29) is 5.97 Å². The Morgan fingerprint density at radius 1 is 1.00 bits per heavy atom. The van der Waals surface area contributed by atoms with Gasteiger partial charge in [0, 0.05) is 36.4 Å². The second-order valence-corrected chi connectivity index (χ2v) is 8.27. The zero-order valence-electron chi connectivity index (χ0n) is 19.3. The molecule has 0 saturated carbocycles. The lowest BCUT2D eigenvalue weighted by Crippen LogP contribution is -2.24. The van der Waals surface area contributed by atoms with E-state index in [9.17, 15) is 4.79 Å². The van der Waals surface area contributed by atoms with Crippen molar-refractivity contribution in [1.82, 2.24) is 4.98 Å². The minimum absolute atomic E-state index is 0.356. The number of hydrogen-bond donors (Lipinski definition) is 0. The Morgan fingerprint density at radius 3 is 2.44 bits per heavy atom. The van der Waals surface area contributed by atoms with Gasteiger partial charge in [-0.05, 0) is 69.7 Å². The number of methoxy groups -OCH3 is 1. The highest BCUT2D eigenvalue weighted by Crippen LogP contribution is 2.36. The van der Waals surface area contributed by atoms with Gasteiger partial charge < -0.3 is 19.1 Å². The molecule has 6 nitrogen and oxygen atoms in total. The van der Waals surface area contributed by atoms with Gasteiger partial charge in [-0.2, -0.15) is 0 Å². The summed E-state index contributed by atoms with van der Waals surface area (Å²) in [4.78, 5) is 19.0. The van der Waals surface area contributed by atoms with Gasteiger partial charge in [-0.1, -0.05) is 12.1 Å². The summed E-state index contributed by atoms with van der Waals surface area (Å²) in [6.07, 6.45) is 3.58. The van der Waals surface area contributed by atoms with Gasteiger partial charge in [0.05, 0.1) is 19.3 Å². The summed E-state index contributed by atoms with van der Waals surface area (Å²) in [6, 6.07) is 17.2. The number of carbonyl (C=O) groups is 1. The van der Waals surface area contributed by atoms with Gasteiger partial charge in [-0.25, -0.2) is 4.79 Å². The fourth-order valence-electron chi connectivity index (χ4n) is 3.25. The SMILES string of the molecule is CCOc1cc(N(Cc2cccnc2)c2cccc(C(=O)OC(C)(C)C)c2)ccc1OC. The molecule has 0 spiro atoms. The number of esters is 1. The molecule has 6 heteroatoms. The van der Waals surface area contributed by atoms with Gasteiger partial charge in [-0.15, -0.1) is 0 Å². The molecule has 0 bridgehead atoms. The molecule has 0 saturated heterocycles. The smallest absolute Gasteiger partial charge is 0.338 e. The molecule has 0 atom stereocenters. The first kappa shape index (κ1) is 23.1. The topological polar surface area (TPSA) is 60.9 Å². The fraction of sp³-hybridized carbons (Fsp3) is 0.308. The molecule has 3 rings (SSSR count). The monoisotopic (exact) mass is 434 g/mol. The predicted octanol–water partition coefficient (Wildman–Crippen LogP) is 5.78. The number of ether oxygens (including phenoxy) is 3. The first-order chi connectivity index (χ1) is 15.3. The standard InChI is InChI=1S/C26H30N2O4/c1-6-31-24-16-22(12-13-23(24)30-5)28(18-19-9-8-14-27-17-19)21-11-7-10-20(15-21)25(29)32-26(2,3)4/h7-17H,6,18H2,1-5H3. The second-order valence-electron chi connectivity index (χ2n) is 8.27. The van der Waals surface area contributed by atoms with Gasteiger partial charge in [-0.3, -0.25) is 4.98 Å². The van der Waals surface area contributed by atoms with Crippen LogP contribution in [0.1, 0.15) is 43.6 Å². The van der Waals surface area contributed by atoms with Crippen LogP contribution in [0.2, 0.25) is 0 Å². The zero-order valence-corrected chi connectivity index (χ0v) is 19.3. The minimum atomic E-state index is -0.565. The maximum Gasteiger partial charge on any atom is 0.338 e. The van der Waals surface area contributed by atoms with Crippen LogP contribution in [0.5, 0.6) is 11.5 Å². The van der Waals surface area contributed by atoms with Crippen molar-refractivity contribution in [3.8, 4) is 11.5 Å². The molecule has 3 aromatic rings. The van der Waals surface area contributed by atoms with Crippen LogP contribution < -0.4 is 14.4 Å². The van der Waals surface area contributed by atoms with Crippen molar-refractivity contribution in [2.24, 2.45) is 0 Å². The molecule has 168 valence electrons.